The van der Waals surface area contributed by atoms with Crippen molar-refractivity contribution in [2.75, 3.05) is 5.43 Å². The van der Waals surface area contributed by atoms with Crippen molar-refractivity contribution >= 4 is 11.9 Å². The number of oxazole rings is 1. The van der Waals surface area contributed by atoms with Crippen LogP contribution in [0.2, 0.25) is 0 Å². The Balaban J connectivity index is 1.66. The van der Waals surface area contributed by atoms with Gasteiger partial charge in [-0.3, -0.25) is 5.43 Å². The molecule has 0 aliphatic carbocycles. The predicted molar refractivity (Wildman–Crippen MR) is 71.7 cm³/mol. The number of anilines is 1. The molecule has 0 aliphatic heterocycles. The lowest BCUT2D eigenvalue weighted by Crippen LogP contribution is -1.91. The molecule has 19 heavy (non-hydrogen) atoms. The molecule has 6 heteroatoms. The first-order chi connectivity index (χ1) is 9.42. The van der Waals surface area contributed by atoms with Gasteiger partial charge in [0.1, 0.15) is 5.82 Å². The highest BCUT2D eigenvalue weighted by Gasteiger charge is 2.00. The van der Waals surface area contributed by atoms with E-state index >= 15 is 0 Å². The highest BCUT2D eigenvalue weighted by atomic mass is 16.3. The average Bonchev–Trinajstić information content (AvgIpc) is 3.13. The molecule has 0 fully saturated rings. The summed E-state index contributed by atoms with van der Waals surface area (Å²) in [7, 11) is 0. The van der Waals surface area contributed by atoms with Crippen molar-refractivity contribution < 1.29 is 4.42 Å². The summed E-state index contributed by atoms with van der Waals surface area (Å²) in [5.41, 5.74) is 4.77. The third-order valence-corrected chi connectivity index (χ3v) is 2.50. The molecule has 0 saturated carbocycles. The van der Waals surface area contributed by atoms with E-state index in [0.29, 0.717) is 5.82 Å². The summed E-state index contributed by atoms with van der Waals surface area (Å²) in [5.74, 6) is 1.44. The Bertz CT molecular complexity index is 641. The van der Waals surface area contributed by atoms with Crippen LogP contribution in [0.1, 0.15) is 5.82 Å². The monoisotopic (exact) mass is 253 g/mol. The number of aromatic amines is 1. The molecule has 0 atom stereocenters. The second-order valence-corrected chi connectivity index (χ2v) is 3.79. The maximum absolute atomic E-state index is 5.22. The van der Waals surface area contributed by atoms with Crippen molar-refractivity contribution in [3.05, 3.63) is 55.1 Å². The first-order valence-corrected chi connectivity index (χ1v) is 5.69. The minimum Gasteiger partial charge on any atom is -0.444 e. The summed E-state index contributed by atoms with van der Waals surface area (Å²) in [5, 5.41) is 4.07. The Labute approximate surface area is 109 Å². The van der Waals surface area contributed by atoms with E-state index in [4.69, 9.17) is 4.42 Å². The lowest BCUT2D eigenvalue weighted by Gasteiger charge is -2.00. The molecule has 2 aromatic heterocycles. The summed E-state index contributed by atoms with van der Waals surface area (Å²) in [6.07, 6.45) is 8.12. The van der Waals surface area contributed by atoms with Crippen molar-refractivity contribution in [3.8, 4) is 11.3 Å². The third kappa shape index (κ3) is 2.68. The number of H-pyrrole nitrogens is 1. The lowest BCUT2D eigenvalue weighted by molar-refractivity contribution is 0.572. The van der Waals surface area contributed by atoms with E-state index in [9.17, 15) is 0 Å². The van der Waals surface area contributed by atoms with Gasteiger partial charge in [0, 0.05) is 18.0 Å². The van der Waals surface area contributed by atoms with Crippen LogP contribution in [-0.2, 0) is 0 Å². The SMILES string of the molecule is C(=N\Nc1ccc(-c2cnco2)cc1)/c1ncc[nH]1. The normalized spacial score (nSPS) is 10.9. The van der Waals surface area contributed by atoms with Crippen LogP contribution in [0.3, 0.4) is 0 Å². The first kappa shape index (κ1) is 11.2. The summed E-state index contributed by atoms with van der Waals surface area (Å²) in [6, 6.07) is 7.70. The molecule has 1 aromatic carbocycles. The zero-order chi connectivity index (χ0) is 12.9. The molecule has 2 heterocycles. The largest absolute Gasteiger partial charge is 0.444 e. The van der Waals surface area contributed by atoms with E-state index in [-0.39, 0.29) is 0 Å². The highest BCUT2D eigenvalue weighted by molar-refractivity contribution is 5.75. The van der Waals surface area contributed by atoms with Crippen LogP contribution in [0, 0.1) is 0 Å². The highest BCUT2D eigenvalue weighted by Crippen LogP contribution is 2.20. The fourth-order valence-corrected chi connectivity index (χ4v) is 1.58. The van der Waals surface area contributed by atoms with Gasteiger partial charge in [0.2, 0.25) is 0 Å². The van der Waals surface area contributed by atoms with Gasteiger partial charge in [-0.05, 0) is 24.3 Å². The first-order valence-electron chi connectivity index (χ1n) is 5.69. The Morgan fingerprint density at radius 1 is 1.26 bits per heavy atom. The maximum Gasteiger partial charge on any atom is 0.181 e. The van der Waals surface area contributed by atoms with Crippen molar-refractivity contribution in [1.82, 2.24) is 15.0 Å². The number of aromatic nitrogens is 3. The Kier molecular flexibility index (Phi) is 3.05. The number of hydrazone groups is 1. The van der Waals surface area contributed by atoms with Gasteiger partial charge in [-0.1, -0.05) is 0 Å². The van der Waals surface area contributed by atoms with E-state index in [0.717, 1.165) is 17.0 Å². The summed E-state index contributed by atoms with van der Waals surface area (Å²) >= 11 is 0. The minimum absolute atomic E-state index is 0.700. The minimum atomic E-state index is 0.700. The topological polar surface area (TPSA) is 79.1 Å². The van der Waals surface area contributed by atoms with Gasteiger partial charge < -0.3 is 9.40 Å². The van der Waals surface area contributed by atoms with Crippen LogP contribution < -0.4 is 5.43 Å². The van der Waals surface area contributed by atoms with Gasteiger partial charge in [0.15, 0.2) is 12.2 Å². The fourth-order valence-electron chi connectivity index (χ4n) is 1.58. The Morgan fingerprint density at radius 3 is 2.84 bits per heavy atom. The molecule has 0 bridgehead atoms. The molecule has 6 nitrogen and oxygen atoms in total. The summed E-state index contributed by atoms with van der Waals surface area (Å²) < 4.78 is 5.22. The van der Waals surface area contributed by atoms with Crippen LogP contribution >= 0.6 is 0 Å². The average molecular weight is 253 g/mol. The van der Waals surface area contributed by atoms with Gasteiger partial charge in [-0.2, -0.15) is 5.10 Å². The second-order valence-electron chi connectivity index (χ2n) is 3.79. The van der Waals surface area contributed by atoms with Gasteiger partial charge in [-0.15, -0.1) is 0 Å². The van der Waals surface area contributed by atoms with E-state index in [1.54, 1.807) is 24.8 Å². The molecule has 0 spiro atoms. The van der Waals surface area contributed by atoms with E-state index in [1.807, 2.05) is 24.3 Å². The van der Waals surface area contributed by atoms with Crippen molar-refractivity contribution in [1.29, 1.82) is 0 Å². The van der Waals surface area contributed by atoms with E-state index in [1.165, 1.54) is 6.39 Å². The Hall–Kier alpha value is -2.89. The van der Waals surface area contributed by atoms with Crippen molar-refractivity contribution in [3.63, 3.8) is 0 Å². The number of hydrogen-bond acceptors (Lipinski definition) is 5. The third-order valence-electron chi connectivity index (χ3n) is 2.50. The summed E-state index contributed by atoms with van der Waals surface area (Å²) in [6.45, 7) is 0. The molecule has 0 radical (unpaired) electrons. The summed E-state index contributed by atoms with van der Waals surface area (Å²) in [4.78, 5) is 10.8. The van der Waals surface area contributed by atoms with Crippen LogP contribution in [0.4, 0.5) is 5.69 Å². The number of hydrogen-bond donors (Lipinski definition) is 2. The van der Waals surface area contributed by atoms with Crippen LogP contribution in [0.15, 0.2) is 58.8 Å². The zero-order valence-electron chi connectivity index (χ0n) is 9.95. The maximum atomic E-state index is 5.22. The number of imidazole rings is 1. The molecule has 3 aromatic rings. The molecule has 0 unspecified atom stereocenters. The molecule has 94 valence electrons. The van der Waals surface area contributed by atoms with Crippen LogP contribution in [0.25, 0.3) is 11.3 Å². The predicted octanol–water partition coefficient (Wildman–Crippen LogP) is 2.51. The van der Waals surface area contributed by atoms with Gasteiger partial charge in [-0.25, -0.2) is 9.97 Å². The van der Waals surface area contributed by atoms with Gasteiger partial charge in [0.25, 0.3) is 0 Å². The number of rotatable bonds is 4. The van der Waals surface area contributed by atoms with E-state index in [2.05, 4.69) is 25.5 Å². The van der Waals surface area contributed by atoms with Gasteiger partial charge in [0.05, 0.1) is 18.1 Å². The molecule has 0 aliphatic rings. The van der Waals surface area contributed by atoms with Gasteiger partial charge >= 0.3 is 0 Å². The number of benzene rings is 1. The van der Waals surface area contributed by atoms with E-state index < -0.39 is 0 Å². The van der Waals surface area contributed by atoms with Crippen molar-refractivity contribution in [2.24, 2.45) is 5.10 Å². The second kappa shape index (κ2) is 5.18. The molecule has 0 amide bonds. The number of nitrogens with one attached hydrogen (secondary N) is 2. The quantitative estimate of drug-likeness (QED) is 0.553. The fraction of sp³-hybridized carbons (Fsp3) is 0. The Morgan fingerprint density at radius 2 is 2.16 bits per heavy atom. The smallest absolute Gasteiger partial charge is 0.181 e. The molecule has 0 saturated heterocycles. The number of nitrogens with zero attached hydrogens (tertiary/aromatic N) is 3. The van der Waals surface area contributed by atoms with Crippen LogP contribution in [-0.4, -0.2) is 21.2 Å². The molecular formula is C13H11N5O. The molecule has 2 N–H and O–H groups in total. The van der Waals surface area contributed by atoms with Crippen molar-refractivity contribution in [2.45, 2.75) is 0 Å². The zero-order valence-corrected chi connectivity index (χ0v) is 9.95. The lowest BCUT2D eigenvalue weighted by atomic mass is 10.2. The molecule has 3 rings (SSSR count). The molecular weight excluding hydrogens is 242 g/mol. The van der Waals surface area contributed by atoms with Crippen LogP contribution in [0.5, 0.6) is 0 Å². The standard InChI is InChI=1S/C13H11N5O/c1-3-11(18-17-8-13-15-5-6-16-13)4-2-10(1)12-7-14-9-19-12/h1-9,18H,(H,15,16)/b17-8+.